The van der Waals surface area contributed by atoms with E-state index in [0.717, 1.165) is 16.3 Å². The van der Waals surface area contributed by atoms with Crippen LogP contribution in [-0.2, 0) is 4.79 Å². The molecule has 3 aromatic rings. The number of hydrogen-bond acceptors (Lipinski definition) is 6. The van der Waals surface area contributed by atoms with Gasteiger partial charge in [0.2, 0.25) is 5.91 Å². The highest BCUT2D eigenvalue weighted by Crippen LogP contribution is 2.28. The maximum Gasteiger partial charge on any atom is 0.240 e. The SMILES string of the molecule is COc1ccc(C(=O)CCC(=O)N/N=C/c2cncc3ccccc23)cc1OC. The first-order valence-electron chi connectivity index (χ1n) is 9.02. The maximum atomic E-state index is 12.3. The van der Waals surface area contributed by atoms with Crippen LogP contribution in [0, 0.1) is 0 Å². The lowest BCUT2D eigenvalue weighted by molar-refractivity contribution is -0.121. The van der Waals surface area contributed by atoms with Gasteiger partial charge in [-0.25, -0.2) is 5.43 Å². The predicted molar refractivity (Wildman–Crippen MR) is 111 cm³/mol. The Kier molecular flexibility index (Phi) is 6.52. The van der Waals surface area contributed by atoms with E-state index in [1.807, 2.05) is 24.3 Å². The van der Waals surface area contributed by atoms with Crippen molar-refractivity contribution in [2.75, 3.05) is 14.2 Å². The Labute approximate surface area is 168 Å². The van der Waals surface area contributed by atoms with E-state index in [1.54, 1.807) is 36.8 Å². The average Bonchev–Trinajstić information content (AvgIpc) is 2.77. The summed E-state index contributed by atoms with van der Waals surface area (Å²) in [6.07, 6.45) is 5.08. The molecule has 3 rings (SSSR count). The molecule has 29 heavy (non-hydrogen) atoms. The van der Waals surface area contributed by atoms with Gasteiger partial charge < -0.3 is 9.47 Å². The van der Waals surface area contributed by atoms with Crippen molar-refractivity contribution in [1.82, 2.24) is 10.4 Å². The van der Waals surface area contributed by atoms with Crippen LogP contribution in [0.4, 0.5) is 0 Å². The number of hydrazone groups is 1. The number of methoxy groups -OCH3 is 2. The van der Waals surface area contributed by atoms with Crippen LogP contribution in [0.25, 0.3) is 10.8 Å². The normalized spacial score (nSPS) is 10.8. The van der Waals surface area contributed by atoms with Gasteiger partial charge in [0.15, 0.2) is 17.3 Å². The van der Waals surface area contributed by atoms with Crippen molar-refractivity contribution in [3.05, 3.63) is 66.0 Å². The summed E-state index contributed by atoms with van der Waals surface area (Å²) in [5.41, 5.74) is 3.70. The number of benzene rings is 2. The van der Waals surface area contributed by atoms with E-state index in [0.29, 0.717) is 17.1 Å². The van der Waals surface area contributed by atoms with Crippen LogP contribution in [0.1, 0.15) is 28.8 Å². The summed E-state index contributed by atoms with van der Waals surface area (Å²) in [6.45, 7) is 0. The van der Waals surface area contributed by atoms with Gasteiger partial charge in [0.05, 0.1) is 20.4 Å². The van der Waals surface area contributed by atoms with Crippen LogP contribution in [0.3, 0.4) is 0 Å². The Morgan fingerprint density at radius 3 is 2.62 bits per heavy atom. The second kappa shape index (κ2) is 9.45. The minimum atomic E-state index is -0.344. The van der Waals surface area contributed by atoms with Gasteiger partial charge in [-0.1, -0.05) is 24.3 Å². The molecule has 0 unspecified atom stereocenters. The molecule has 0 aliphatic heterocycles. The van der Waals surface area contributed by atoms with E-state index in [4.69, 9.17) is 9.47 Å². The standard InChI is InChI=1S/C22H21N3O4/c1-28-20-9-7-15(11-21(20)29-2)19(26)8-10-22(27)25-24-14-17-13-23-12-16-5-3-4-6-18(16)17/h3-7,9,11-14H,8,10H2,1-2H3,(H,25,27)/b24-14+. The number of Topliss-reactive ketones (excluding diaryl/α,β-unsaturated/α-hetero) is 1. The second-order valence-corrected chi connectivity index (χ2v) is 6.24. The maximum absolute atomic E-state index is 12.3. The van der Waals surface area contributed by atoms with E-state index in [2.05, 4.69) is 15.5 Å². The van der Waals surface area contributed by atoms with Gasteiger partial charge >= 0.3 is 0 Å². The monoisotopic (exact) mass is 391 g/mol. The van der Waals surface area contributed by atoms with Crippen molar-refractivity contribution in [2.45, 2.75) is 12.8 Å². The van der Waals surface area contributed by atoms with Crippen LogP contribution in [0.5, 0.6) is 11.5 Å². The van der Waals surface area contributed by atoms with Crippen molar-refractivity contribution >= 4 is 28.7 Å². The van der Waals surface area contributed by atoms with Crippen LogP contribution in [-0.4, -0.2) is 37.1 Å². The van der Waals surface area contributed by atoms with Crippen molar-refractivity contribution in [3.63, 3.8) is 0 Å². The zero-order valence-electron chi connectivity index (χ0n) is 16.2. The third-order valence-electron chi connectivity index (χ3n) is 4.38. The molecule has 1 heterocycles. The first-order chi connectivity index (χ1) is 14.1. The summed E-state index contributed by atoms with van der Waals surface area (Å²) in [7, 11) is 3.03. The Morgan fingerprint density at radius 2 is 1.83 bits per heavy atom. The van der Waals surface area contributed by atoms with Gasteiger partial charge in [-0.2, -0.15) is 5.10 Å². The van der Waals surface area contributed by atoms with Gasteiger partial charge in [-0.15, -0.1) is 0 Å². The summed E-state index contributed by atoms with van der Waals surface area (Å²) in [5.74, 6) is 0.502. The van der Waals surface area contributed by atoms with E-state index in [9.17, 15) is 9.59 Å². The van der Waals surface area contributed by atoms with Crippen molar-refractivity contribution in [3.8, 4) is 11.5 Å². The zero-order valence-corrected chi connectivity index (χ0v) is 16.2. The molecule has 0 spiro atoms. The molecule has 1 aromatic heterocycles. The number of amides is 1. The summed E-state index contributed by atoms with van der Waals surface area (Å²) >= 11 is 0. The number of hydrogen-bond donors (Lipinski definition) is 1. The van der Waals surface area contributed by atoms with Crippen molar-refractivity contribution < 1.29 is 19.1 Å². The average molecular weight is 391 g/mol. The third kappa shape index (κ3) is 4.95. The van der Waals surface area contributed by atoms with Crippen LogP contribution in [0.2, 0.25) is 0 Å². The molecule has 7 nitrogen and oxygen atoms in total. The number of carbonyl (C=O) groups excluding carboxylic acids is 2. The van der Waals surface area contributed by atoms with Gasteiger partial charge in [0, 0.05) is 41.7 Å². The molecule has 7 heteroatoms. The predicted octanol–water partition coefficient (Wildman–Crippen LogP) is 3.37. The largest absolute Gasteiger partial charge is 0.493 e. The number of ketones is 1. The molecule has 0 radical (unpaired) electrons. The molecule has 0 aliphatic rings. The Balaban J connectivity index is 1.56. The first-order valence-corrected chi connectivity index (χ1v) is 9.02. The molecule has 0 saturated carbocycles. The number of nitrogens with zero attached hydrogens (tertiary/aromatic N) is 2. The molecule has 0 atom stereocenters. The number of nitrogens with one attached hydrogen (secondary N) is 1. The van der Waals surface area contributed by atoms with Gasteiger partial charge in [0.1, 0.15) is 0 Å². The summed E-state index contributed by atoms with van der Waals surface area (Å²) in [5, 5.41) is 5.96. The molecule has 1 N–H and O–H groups in total. The van der Waals surface area contributed by atoms with Gasteiger partial charge in [-0.3, -0.25) is 14.6 Å². The van der Waals surface area contributed by atoms with E-state index >= 15 is 0 Å². The Morgan fingerprint density at radius 1 is 1.03 bits per heavy atom. The lowest BCUT2D eigenvalue weighted by Crippen LogP contribution is -2.18. The van der Waals surface area contributed by atoms with Crippen LogP contribution in [0.15, 0.2) is 60.0 Å². The molecule has 0 aliphatic carbocycles. The zero-order chi connectivity index (χ0) is 20.6. The molecule has 1 amide bonds. The Bertz CT molecular complexity index is 1060. The minimum absolute atomic E-state index is 0.0261. The molecule has 0 fully saturated rings. The number of aromatic nitrogens is 1. The van der Waals surface area contributed by atoms with Crippen molar-refractivity contribution in [2.24, 2.45) is 5.10 Å². The number of fused-ring (bicyclic) bond motifs is 1. The molecular weight excluding hydrogens is 370 g/mol. The second-order valence-electron chi connectivity index (χ2n) is 6.24. The third-order valence-corrected chi connectivity index (χ3v) is 4.38. The topological polar surface area (TPSA) is 89.9 Å². The Hall–Kier alpha value is -3.74. The lowest BCUT2D eigenvalue weighted by atomic mass is 10.1. The molecule has 0 bridgehead atoms. The highest BCUT2D eigenvalue weighted by Gasteiger charge is 2.12. The summed E-state index contributed by atoms with van der Waals surface area (Å²) in [4.78, 5) is 28.5. The van der Waals surface area contributed by atoms with E-state index < -0.39 is 0 Å². The first kappa shape index (κ1) is 20.0. The van der Waals surface area contributed by atoms with Crippen LogP contribution >= 0.6 is 0 Å². The summed E-state index contributed by atoms with van der Waals surface area (Å²) in [6, 6.07) is 12.7. The molecule has 148 valence electrons. The highest BCUT2D eigenvalue weighted by atomic mass is 16.5. The quantitative estimate of drug-likeness (QED) is 0.361. The number of pyridine rings is 1. The fourth-order valence-corrected chi connectivity index (χ4v) is 2.85. The number of ether oxygens (including phenoxy) is 2. The minimum Gasteiger partial charge on any atom is -0.493 e. The molecule has 0 saturated heterocycles. The molecular formula is C22H21N3O4. The number of rotatable bonds is 8. The number of carbonyl (C=O) groups is 2. The molecule has 2 aromatic carbocycles. The fourth-order valence-electron chi connectivity index (χ4n) is 2.85. The van der Waals surface area contributed by atoms with Gasteiger partial charge in [0.25, 0.3) is 0 Å². The highest BCUT2D eigenvalue weighted by molar-refractivity contribution is 6.00. The lowest BCUT2D eigenvalue weighted by Gasteiger charge is -2.09. The van der Waals surface area contributed by atoms with Crippen LogP contribution < -0.4 is 14.9 Å². The smallest absolute Gasteiger partial charge is 0.240 e. The van der Waals surface area contributed by atoms with E-state index in [-0.39, 0.29) is 24.5 Å². The van der Waals surface area contributed by atoms with Crippen molar-refractivity contribution in [1.29, 1.82) is 0 Å². The van der Waals surface area contributed by atoms with Gasteiger partial charge in [-0.05, 0) is 23.6 Å². The summed E-state index contributed by atoms with van der Waals surface area (Å²) < 4.78 is 10.4. The fraction of sp³-hybridized carbons (Fsp3) is 0.182. The van der Waals surface area contributed by atoms with E-state index in [1.165, 1.54) is 14.2 Å².